The molecule has 1 aliphatic rings. The number of carboxylic acid groups (broad SMARTS) is 2. The van der Waals surface area contributed by atoms with Gasteiger partial charge in [0.1, 0.15) is 0 Å². The molecule has 3 N–H and O–H groups in total. The van der Waals surface area contributed by atoms with Crippen LogP contribution < -0.4 is 10.2 Å². The van der Waals surface area contributed by atoms with Crippen molar-refractivity contribution in [2.45, 2.75) is 6.42 Å². The van der Waals surface area contributed by atoms with Crippen molar-refractivity contribution in [1.29, 1.82) is 0 Å². The van der Waals surface area contributed by atoms with Gasteiger partial charge in [-0.2, -0.15) is 0 Å². The van der Waals surface area contributed by atoms with E-state index in [1.165, 1.54) is 18.2 Å². The van der Waals surface area contributed by atoms with Gasteiger partial charge in [0.15, 0.2) is 0 Å². The molecule has 1 aliphatic heterocycles. The Morgan fingerprint density at radius 2 is 2.05 bits per heavy atom. The first-order valence-corrected chi connectivity index (χ1v) is 5.61. The number of aromatic carboxylic acids is 1. The van der Waals surface area contributed by atoms with Crippen LogP contribution in [0.4, 0.5) is 11.4 Å². The highest BCUT2D eigenvalue weighted by Crippen LogP contribution is 2.30. The minimum Gasteiger partial charge on any atom is -0.481 e. The summed E-state index contributed by atoms with van der Waals surface area (Å²) < 4.78 is 0. The summed E-state index contributed by atoms with van der Waals surface area (Å²) in [5, 5.41) is 20.2. The number of nitrogens with zero attached hydrogens (tertiary/aromatic N) is 1. The SMILES string of the molecule is O=C(O)CCN1CC(=O)Nc2ccc(C(=O)O)cc21. The maximum absolute atomic E-state index is 11.5. The van der Waals surface area contributed by atoms with Crippen LogP contribution in [-0.4, -0.2) is 41.1 Å². The van der Waals surface area contributed by atoms with E-state index in [4.69, 9.17) is 10.2 Å². The fraction of sp³-hybridized carbons (Fsp3) is 0.250. The van der Waals surface area contributed by atoms with E-state index < -0.39 is 11.9 Å². The molecule has 7 heteroatoms. The number of carboxylic acids is 2. The minimum atomic E-state index is -1.07. The van der Waals surface area contributed by atoms with Crippen molar-refractivity contribution in [1.82, 2.24) is 0 Å². The average molecular weight is 264 g/mol. The molecule has 0 bridgehead atoms. The van der Waals surface area contributed by atoms with Crippen LogP contribution in [0, 0.1) is 0 Å². The minimum absolute atomic E-state index is 0.0172. The number of aliphatic carboxylic acids is 1. The van der Waals surface area contributed by atoms with E-state index in [1.54, 1.807) is 4.90 Å². The summed E-state index contributed by atoms with van der Waals surface area (Å²) in [6.07, 6.45) is -0.121. The zero-order valence-electron chi connectivity index (χ0n) is 9.92. The van der Waals surface area contributed by atoms with Gasteiger partial charge in [-0.1, -0.05) is 0 Å². The van der Waals surface area contributed by atoms with Crippen LogP contribution in [0.15, 0.2) is 18.2 Å². The third kappa shape index (κ3) is 2.82. The van der Waals surface area contributed by atoms with E-state index >= 15 is 0 Å². The topological polar surface area (TPSA) is 107 Å². The lowest BCUT2D eigenvalue weighted by atomic mass is 10.1. The van der Waals surface area contributed by atoms with E-state index in [-0.39, 0.29) is 31.0 Å². The second-order valence-corrected chi connectivity index (χ2v) is 4.15. The van der Waals surface area contributed by atoms with Crippen molar-refractivity contribution in [2.24, 2.45) is 0 Å². The normalized spacial score (nSPS) is 13.7. The molecule has 0 aliphatic carbocycles. The van der Waals surface area contributed by atoms with Gasteiger partial charge in [0.25, 0.3) is 0 Å². The predicted molar refractivity (Wildman–Crippen MR) is 66.5 cm³/mol. The van der Waals surface area contributed by atoms with E-state index in [0.29, 0.717) is 11.4 Å². The molecule has 1 amide bonds. The number of rotatable bonds is 4. The van der Waals surface area contributed by atoms with Gasteiger partial charge in [-0.3, -0.25) is 9.59 Å². The molecule has 2 rings (SSSR count). The first-order chi connectivity index (χ1) is 8.97. The number of amides is 1. The Bertz CT molecular complexity index is 555. The highest BCUT2D eigenvalue weighted by atomic mass is 16.4. The van der Waals surface area contributed by atoms with Gasteiger partial charge in [0, 0.05) is 6.54 Å². The Hall–Kier alpha value is -2.57. The lowest BCUT2D eigenvalue weighted by Gasteiger charge is -2.30. The maximum atomic E-state index is 11.5. The third-order valence-electron chi connectivity index (χ3n) is 2.79. The number of nitrogens with one attached hydrogen (secondary N) is 1. The molecule has 1 aromatic carbocycles. The van der Waals surface area contributed by atoms with Crippen LogP contribution in [0.3, 0.4) is 0 Å². The van der Waals surface area contributed by atoms with Gasteiger partial charge in [-0.25, -0.2) is 4.79 Å². The molecule has 7 nitrogen and oxygen atoms in total. The quantitative estimate of drug-likeness (QED) is 0.735. The highest BCUT2D eigenvalue weighted by Gasteiger charge is 2.23. The van der Waals surface area contributed by atoms with Gasteiger partial charge >= 0.3 is 11.9 Å². The van der Waals surface area contributed by atoms with Gasteiger partial charge in [-0.05, 0) is 18.2 Å². The Morgan fingerprint density at radius 1 is 1.32 bits per heavy atom. The van der Waals surface area contributed by atoms with Crippen molar-refractivity contribution in [2.75, 3.05) is 23.3 Å². The van der Waals surface area contributed by atoms with Gasteiger partial charge in [-0.15, -0.1) is 0 Å². The summed E-state index contributed by atoms with van der Waals surface area (Å²) in [4.78, 5) is 34.6. The number of fused-ring (bicyclic) bond motifs is 1. The predicted octanol–water partition coefficient (Wildman–Crippen LogP) is 0.618. The molecule has 0 radical (unpaired) electrons. The van der Waals surface area contributed by atoms with E-state index in [1.807, 2.05) is 0 Å². The molecule has 0 saturated heterocycles. The Balaban J connectivity index is 2.32. The van der Waals surface area contributed by atoms with Crippen molar-refractivity contribution in [3.8, 4) is 0 Å². The van der Waals surface area contributed by atoms with Gasteiger partial charge in [0.05, 0.1) is 29.9 Å². The van der Waals surface area contributed by atoms with Crippen molar-refractivity contribution >= 4 is 29.2 Å². The fourth-order valence-electron chi connectivity index (χ4n) is 1.91. The van der Waals surface area contributed by atoms with Gasteiger partial charge < -0.3 is 20.4 Å². The molecule has 0 saturated carbocycles. The molecular weight excluding hydrogens is 252 g/mol. The summed E-state index contributed by atoms with van der Waals surface area (Å²) >= 11 is 0. The monoisotopic (exact) mass is 264 g/mol. The summed E-state index contributed by atoms with van der Waals surface area (Å²) in [5.41, 5.74) is 1.11. The zero-order chi connectivity index (χ0) is 14.0. The van der Waals surface area contributed by atoms with E-state index in [0.717, 1.165) is 0 Å². The molecular formula is C12H12N2O5. The van der Waals surface area contributed by atoms with Crippen LogP contribution >= 0.6 is 0 Å². The number of anilines is 2. The Kier molecular flexibility index (Phi) is 3.37. The standard InChI is InChI=1S/C12H12N2O5/c15-10-6-14(4-3-11(16)17)9-5-7(12(18)19)1-2-8(9)13-10/h1-2,5H,3-4,6H2,(H,13,15)(H,16,17)(H,18,19). The molecule has 0 atom stereocenters. The first kappa shape index (κ1) is 12.9. The third-order valence-corrected chi connectivity index (χ3v) is 2.79. The number of carbonyl (C=O) groups is 3. The molecule has 0 unspecified atom stereocenters. The Morgan fingerprint density at radius 3 is 2.68 bits per heavy atom. The summed E-state index contributed by atoms with van der Waals surface area (Å²) in [7, 11) is 0. The summed E-state index contributed by atoms with van der Waals surface area (Å²) in [5.74, 6) is -2.29. The molecule has 0 fully saturated rings. The van der Waals surface area contributed by atoms with Crippen molar-refractivity contribution in [3.63, 3.8) is 0 Å². The molecule has 0 spiro atoms. The molecule has 0 aromatic heterocycles. The fourth-order valence-corrected chi connectivity index (χ4v) is 1.91. The lowest BCUT2D eigenvalue weighted by molar-refractivity contribution is -0.136. The van der Waals surface area contributed by atoms with Crippen molar-refractivity contribution in [3.05, 3.63) is 23.8 Å². The first-order valence-electron chi connectivity index (χ1n) is 5.61. The number of benzene rings is 1. The largest absolute Gasteiger partial charge is 0.481 e. The Labute approximate surface area is 108 Å². The smallest absolute Gasteiger partial charge is 0.335 e. The lowest BCUT2D eigenvalue weighted by Crippen LogP contribution is -2.39. The van der Waals surface area contributed by atoms with E-state index in [9.17, 15) is 14.4 Å². The van der Waals surface area contributed by atoms with Crippen LogP contribution in [0.1, 0.15) is 16.8 Å². The highest BCUT2D eigenvalue weighted by molar-refractivity contribution is 6.02. The van der Waals surface area contributed by atoms with E-state index in [2.05, 4.69) is 5.32 Å². The zero-order valence-corrected chi connectivity index (χ0v) is 9.92. The van der Waals surface area contributed by atoms with Crippen LogP contribution in [0.2, 0.25) is 0 Å². The maximum Gasteiger partial charge on any atom is 0.335 e. The van der Waals surface area contributed by atoms with Gasteiger partial charge in [0.2, 0.25) is 5.91 Å². The number of hydrogen-bond donors (Lipinski definition) is 3. The second-order valence-electron chi connectivity index (χ2n) is 4.15. The molecule has 1 aromatic rings. The molecule has 19 heavy (non-hydrogen) atoms. The summed E-state index contributed by atoms with van der Waals surface area (Å²) in [6, 6.07) is 4.32. The second kappa shape index (κ2) is 4.97. The number of carbonyl (C=O) groups excluding carboxylic acids is 1. The summed E-state index contributed by atoms with van der Waals surface area (Å²) in [6.45, 7) is 0.169. The molecule has 1 heterocycles. The number of hydrogen-bond acceptors (Lipinski definition) is 4. The average Bonchev–Trinajstić information content (AvgIpc) is 2.35. The van der Waals surface area contributed by atoms with Crippen molar-refractivity contribution < 1.29 is 24.6 Å². The van der Waals surface area contributed by atoms with Crippen LogP contribution in [0.5, 0.6) is 0 Å². The van der Waals surface area contributed by atoms with Crippen LogP contribution in [0.25, 0.3) is 0 Å². The molecule has 100 valence electrons. The van der Waals surface area contributed by atoms with Crippen LogP contribution in [-0.2, 0) is 9.59 Å².